The maximum atomic E-state index is 11.7. The zero-order valence-corrected chi connectivity index (χ0v) is 12.4. The summed E-state index contributed by atoms with van der Waals surface area (Å²) in [5.41, 5.74) is 1.13. The molecule has 1 aliphatic rings. The van der Waals surface area contributed by atoms with Crippen molar-refractivity contribution in [3.8, 4) is 0 Å². The van der Waals surface area contributed by atoms with Gasteiger partial charge in [0.15, 0.2) is 0 Å². The van der Waals surface area contributed by atoms with E-state index in [0.717, 1.165) is 5.56 Å². The molecule has 1 atom stereocenters. The van der Waals surface area contributed by atoms with Gasteiger partial charge in [0.1, 0.15) is 6.04 Å². The highest BCUT2D eigenvalue weighted by Gasteiger charge is 2.29. The first-order valence-corrected chi connectivity index (χ1v) is 7.33. The van der Waals surface area contributed by atoms with Gasteiger partial charge in [0.2, 0.25) is 11.8 Å². The Morgan fingerprint density at radius 2 is 2.14 bits per heavy atom. The highest BCUT2D eigenvalue weighted by molar-refractivity contribution is 5.88. The van der Waals surface area contributed by atoms with Crippen LogP contribution in [-0.4, -0.2) is 43.0 Å². The first-order chi connectivity index (χ1) is 10.2. The third-order valence-corrected chi connectivity index (χ3v) is 3.57. The molecule has 0 saturated carbocycles. The van der Waals surface area contributed by atoms with Crippen molar-refractivity contribution in [1.82, 2.24) is 10.2 Å². The SMILES string of the molecule is CN1CC[C@@H](NC(=O)CCCOCc2ccccc2)C1=O. The van der Waals surface area contributed by atoms with E-state index in [1.807, 2.05) is 30.3 Å². The Bertz CT molecular complexity index is 476. The highest BCUT2D eigenvalue weighted by atomic mass is 16.5. The van der Waals surface area contributed by atoms with Crippen LogP contribution in [0.5, 0.6) is 0 Å². The predicted octanol–water partition coefficient (Wildman–Crippen LogP) is 1.33. The molecule has 0 bridgehead atoms. The summed E-state index contributed by atoms with van der Waals surface area (Å²) in [7, 11) is 1.76. The van der Waals surface area contributed by atoms with Crippen molar-refractivity contribution in [2.75, 3.05) is 20.2 Å². The van der Waals surface area contributed by atoms with Gasteiger partial charge in [-0.3, -0.25) is 9.59 Å². The third kappa shape index (κ3) is 4.86. The second kappa shape index (κ2) is 7.78. The number of likely N-dealkylation sites (tertiary alicyclic amines) is 1. The van der Waals surface area contributed by atoms with Gasteiger partial charge in [-0.05, 0) is 18.4 Å². The van der Waals surface area contributed by atoms with E-state index in [9.17, 15) is 9.59 Å². The predicted molar refractivity (Wildman–Crippen MR) is 79.5 cm³/mol. The van der Waals surface area contributed by atoms with E-state index in [2.05, 4.69) is 5.32 Å². The largest absolute Gasteiger partial charge is 0.377 e. The van der Waals surface area contributed by atoms with Crippen molar-refractivity contribution in [2.24, 2.45) is 0 Å². The maximum absolute atomic E-state index is 11.7. The molecule has 0 aromatic heterocycles. The van der Waals surface area contributed by atoms with E-state index in [4.69, 9.17) is 4.74 Å². The first-order valence-electron chi connectivity index (χ1n) is 7.33. The number of rotatable bonds is 7. The molecule has 21 heavy (non-hydrogen) atoms. The topological polar surface area (TPSA) is 58.6 Å². The molecule has 1 aromatic rings. The second-order valence-corrected chi connectivity index (χ2v) is 5.31. The van der Waals surface area contributed by atoms with Gasteiger partial charge in [-0.15, -0.1) is 0 Å². The van der Waals surface area contributed by atoms with E-state index in [-0.39, 0.29) is 17.9 Å². The number of amides is 2. The van der Waals surface area contributed by atoms with Crippen LogP contribution >= 0.6 is 0 Å². The van der Waals surface area contributed by atoms with Gasteiger partial charge < -0.3 is 15.0 Å². The van der Waals surface area contributed by atoms with Crippen molar-refractivity contribution in [3.63, 3.8) is 0 Å². The summed E-state index contributed by atoms with van der Waals surface area (Å²) in [5.74, 6) is -0.0735. The van der Waals surface area contributed by atoms with Crippen LogP contribution in [0, 0.1) is 0 Å². The molecule has 0 radical (unpaired) electrons. The summed E-state index contributed by atoms with van der Waals surface area (Å²) in [6, 6.07) is 9.59. The summed E-state index contributed by atoms with van der Waals surface area (Å²) in [6.07, 6.45) is 1.75. The fourth-order valence-corrected chi connectivity index (χ4v) is 2.32. The number of carbonyl (C=O) groups excluding carboxylic acids is 2. The fraction of sp³-hybridized carbons (Fsp3) is 0.500. The molecule has 5 nitrogen and oxygen atoms in total. The number of hydrogen-bond donors (Lipinski definition) is 1. The summed E-state index contributed by atoms with van der Waals surface area (Å²) in [6.45, 7) is 1.82. The van der Waals surface area contributed by atoms with Crippen LogP contribution in [0.25, 0.3) is 0 Å². The molecule has 1 aliphatic heterocycles. The minimum atomic E-state index is -0.340. The van der Waals surface area contributed by atoms with E-state index in [0.29, 0.717) is 39.0 Å². The zero-order chi connectivity index (χ0) is 15.1. The van der Waals surface area contributed by atoms with Crippen molar-refractivity contribution in [1.29, 1.82) is 0 Å². The Morgan fingerprint density at radius 3 is 2.81 bits per heavy atom. The molecule has 2 rings (SSSR count). The minimum Gasteiger partial charge on any atom is -0.377 e. The van der Waals surface area contributed by atoms with Crippen molar-refractivity contribution in [3.05, 3.63) is 35.9 Å². The monoisotopic (exact) mass is 290 g/mol. The quantitative estimate of drug-likeness (QED) is 0.771. The number of nitrogens with zero attached hydrogens (tertiary/aromatic N) is 1. The molecule has 1 N–H and O–H groups in total. The average molecular weight is 290 g/mol. The fourth-order valence-electron chi connectivity index (χ4n) is 2.32. The average Bonchev–Trinajstić information content (AvgIpc) is 2.80. The molecule has 1 saturated heterocycles. The number of benzene rings is 1. The molecule has 1 fully saturated rings. The van der Waals surface area contributed by atoms with Crippen LogP contribution in [0.3, 0.4) is 0 Å². The number of carbonyl (C=O) groups is 2. The Morgan fingerprint density at radius 1 is 1.38 bits per heavy atom. The van der Waals surface area contributed by atoms with Crippen LogP contribution in [0.4, 0.5) is 0 Å². The Labute approximate surface area is 125 Å². The molecule has 2 amide bonds. The molecular formula is C16H22N2O3. The number of hydrogen-bond acceptors (Lipinski definition) is 3. The van der Waals surface area contributed by atoms with Gasteiger partial charge in [-0.2, -0.15) is 0 Å². The van der Waals surface area contributed by atoms with Crippen LogP contribution < -0.4 is 5.32 Å². The number of nitrogens with one attached hydrogen (secondary N) is 1. The van der Waals surface area contributed by atoms with Crippen LogP contribution in [-0.2, 0) is 20.9 Å². The molecule has 0 unspecified atom stereocenters. The van der Waals surface area contributed by atoms with Gasteiger partial charge in [0, 0.05) is 26.6 Å². The molecule has 0 aliphatic carbocycles. The molecule has 1 aromatic carbocycles. The molecular weight excluding hydrogens is 268 g/mol. The normalized spacial score (nSPS) is 18.0. The van der Waals surface area contributed by atoms with Gasteiger partial charge in [-0.1, -0.05) is 30.3 Å². The van der Waals surface area contributed by atoms with Crippen molar-refractivity contribution < 1.29 is 14.3 Å². The Kier molecular flexibility index (Phi) is 5.75. The lowest BCUT2D eigenvalue weighted by atomic mass is 10.2. The van der Waals surface area contributed by atoms with Crippen molar-refractivity contribution in [2.45, 2.75) is 31.9 Å². The van der Waals surface area contributed by atoms with E-state index >= 15 is 0 Å². The standard InChI is InChI=1S/C16H22N2O3/c1-18-10-9-14(16(18)20)17-15(19)8-5-11-21-12-13-6-3-2-4-7-13/h2-4,6-7,14H,5,8-12H2,1H3,(H,17,19)/t14-/m1/s1. The Balaban J connectivity index is 1.56. The molecule has 1 heterocycles. The lowest BCUT2D eigenvalue weighted by molar-refractivity contribution is -0.131. The lowest BCUT2D eigenvalue weighted by Gasteiger charge is -2.12. The van der Waals surface area contributed by atoms with Crippen LogP contribution in [0.15, 0.2) is 30.3 Å². The second-order valence-electron chi connectivity index (χ2n) is 5.31. The third-order valence-electron chi connectivity index (χ3n) is 3.57. The van der Waals surface area contributed by atoms with Gasteiger partial charge >= 0.3 is 0 Å². The van der Waals surface area contributed by atoms with E-state index in [1.165, 1.54) is 0 Å². The highest BCUT2D eigenvalue weighted by Crippen LogP contribution is 2.09. The first kappa shape index (κ1) is 15.5. The molecule has 5 heteroatoms. The zero-order valence-electron chi connectivity index (χ0n) is 12.4. The molecule has 0 spiro atoms. The van der Waals surface area contributed by atoms with Gasteiger partial charge in [0.05, 0.1) is 6.61 Å². The van der Waals surface area contributed by atoms with Crippen LogP contribution in [0.1, 0.15) is 24.8 Å². The van der Waals surface area contributed by atoms with E-state index in [1.54, 1.807) is 11.9 Å². The molecule has 114 valence electrons. The minimum absolute atomic E-state index is 0.00341. The van der Waals surface area contributed by atoms with Crippen molar-refractivity contribution >= 4 is 11.8 Å². The lowest BCUT2D eigenvalue weighted by Crippen LogP contribution is -2.40. The summed E-state index contributed by atoms with van der Waals surface area (Å²) in [5, 5.41) is 2.78. The number of likely N-dealkylation sites (N-methyl/N-ethyl adjacent to an activating group) is 1. The summed E-state index contributed by atoms with van der Waals surface area (Å²) < 4.78 is 5.52. The number of ether oxygens (including phenoxy) is 1. The smallest absolute Gasteiger partial charge is 0.244 e. The van der Waals surface area contributed by atoms with E-state index < -0.39 is 0 Å². The maximum Gasteiger partial charge on any atom is 0.244 e. The van der Waals surface area contributed by atoms with Crippen LogP contribution in [0.2, 0.25) is 0 Å². The Hall–Kier alpha value is -1.88. The summed E-state index contributed by atoms with van der Waals surface area (Å²) in [4.78, 5) is 25.1. The van der Waals surface area contributed by atoms with Gasteiger partial charge in [-0.25, -0.2) is 0 Å². The summed E-state index contributed by atoms with van der Waals surface area (Å²) >= 11 is 0. The van der Waals surface area contributed by atoms with Gasteiger partial charge in [0.25, 0.3) is 0 Å².